The van der Waals surface area contributed by atoms with Crippen LogP contribution in [0.1, 0.15) is 44.3 Å². The Morgan fingerprint density at radius 3 is 2.23 bits per heavy atom. The summed E-state index contributed by atoms with van der Waals surface area (Å²) in [6.07, 6.45) is 1.55. The maximum absolute atomic E-state index is 12.7. The molecule has 0 aliphatic heterocycles. The fraction of sp³-hybridized carbons (Fsp3) is 0.0556. The Balaban J connectivity index is 2.29. The number of ketones is 2. The molecule has 4 heteroatoms. The predicted molar refractivity (Wildman–Crippen MR) is 81.1 cm³/mol. The molecule has 108 valence electrons. The van der Waals surface area contributed by atoms with Crippen LogP contribution in [0.3, 0.4) is 0 Å². The molecule has 0 saturated carbocycles. The molecule has 0 heterocycles. The van der Waals surface area contributed by atoms with Gasteiger partial charge >= 0.3 is 5.97 Å². The summed E-state index contributed by atoms with van der Waals surface area (Å²) in [6, 6.07) is 9.68. The number of rotatable bonds is 2. The van der Waals surface area contributed by atoms with Crippen molar-refractivity contribution in [2.45, 2.75) is 6.92 Å². The van der Waals surface area contributed by atoms with Crippen LogP contribution in [0.25, 0.3) is 6.08 Å². The molecule has 0 N–H and O–H groups in total. The summed E-state index contributed by atoms with van der Waals surface area (Å²) in [7, 11) is 0. The van der Waals surface area contributed by atoms with Crippen LogP contribution in [0, 0.1) is 0 Å². The van der Waals surface area contributed by atoms with Gasteiger partial charge < -0.3 is 4.74 Å². The molecular formula is C18H12O4. The second-order valence-electron chi connectivity index (χ2n) is 4.90. The second kappa shape index (κ2) is 5.07. The van der Waals surface area contributed by atoms with E-state index in [2.05, 4.69) is 6.58 Å². The Hall–Kier alpha value is -3.01. The van der Waals surface area contributed by atoms with Crippen LogP contribution in [-0.2, 0) is 4.79 Å². The summed E-state index contributed by atoms with van der Waals surface area (Å²) in [5, 5.41) is 0. The Labute approximate surface area is 127 Å². The number of carbonyl (C=O) groups excluding carboxylic acids is 3. The van der Waals surface area contributed by atoms with E-state index in [-0.39, 0.29) is 28.4 Å². The molecule has 1 aliphatic carbocycles. The highest BCUT2D eigenvalue weighted by molar-refractivity contribution is 6.30. The van der Waals surface area contributed by atoms with Gasteiger partial charge in [0.05, 0.1) is 5.56 Å². The van der Waals surface area contributed by atoms with Crippen LogP contribution < -0.4 is 4.74 Å². The van der Waals surface area contributed by atoms with Gasteiger partial charge in [0.2, 0.25) is 0 Å². The Morgan fingerprint density at radius 2 is 1.59 bits per heavy atom. The first kappa shape index (κ1) is 13.9. The van der Waals surface area contributed by atoms with Gasteiger partial charge in [0.1, 0.15) is 5.75 Å². The number of ether oxygens (including phenoxy) is 1. The molecule has 4 nitrogen and oxygen atoms in total. The Kier molecular flexibility index (Phi) is 3.22. The van der Waals surface area contributed by atoms with Crippen molar-refractivity contribution in [2.75, 3.05) is 0 Å². The lowest BCUT2D eigenvalue weighted by Gasteiger charge is -2.20. The van der Waals surface area contributed by atoms with E-state index in [4.69, 9.17) is 4.74 Å². The maximum Gasteiger partial charge on any atom is 0.308 e. The van der Waals surface area contributed by atoms with Gasteiger partial charge in [0.15, 0.2) is 11.6 Å². The molecule has 0 atom stereocenters. The van der Waals surface area contributed by atoms with Crippen molar-refractivity contribution >= 4 is 23.6 Å². The fourth-order valence-corrected chi connectivity index (χ4v) is 2.65. The number of carbonyl (C=O) groups is 3. The monoisotopic (exact) mass is 292 g/mol. The highest BCUT2D eigenvalue weighted by Gasteiger charge is 2.33. The zero-order valence-electron chi connectivity index (χ0n) is 11.9. The zero-order chi connectivity index (χ0) is 15.9. The topological polar surface area (TPSA) is 60.4 Å². The van der Waals surface area contributed by atoms with Crippen molar-refractivity contribution in [3.05, 3.63) is 70.8 Å². The minimum absolute atomic E-state index is 0.109. The van der Waals surface area contributed by atoms with Gasteiger partial charge in [-0.2, -0.15) is 0 Å². The molecule has 2 aromatic carbocycles. The van der Waals surface area contributed by atoms with Gasteiger partial charge in [-0.3, -0.25) is 14.4 Å². The summed E-state index contributed by atoms with van der Waals surface area (Å²) in [6.45, 7) is 4.93. The van der Waals surface area contributed by atoms with E-state index >= 15 is 0 Å². The predicted octanol–water partition coefficient (Wildman–Crippen LogP) is 3.03. The number of hydrogen-bond acceptors (Lipinski definition) is 4. The summed E-state index contributed by atoms with van der Waals surface area (Å²) in [4.78, 5) is 36.7. The second-order valence-corrected chi connectivity index (χ2v) is 4.90. The van der Waals surface area contributed by atoms with E-state index in [0.29, 0.717) is 16.7 Å². The molecule has 0 unspecified atom stereocenters. The smallest absolute Gasteiger partial charge is 0.308 e. The molecule has 0 radical (unpaired) electrons. The van der Waals surface area contributed by atoms with E-state index in [1.54, 1.807) is 36.4 Å². The number of esters is 1. The summed E-state index contributed by atoms with van der Waals surface area (Å²) in [5.41, 5.74) is 1.63. The molecule has 0 aromatic heterocycles. The van der Waals surface area contributed by atoms with Crippen molar-refractivity contribution in [2.24, 2.45) is 0 Å². The first-order valence-corrected chi connectivity index (χ1v) is 6.71. The fourth-order valence-electron chi connectivity index (χ4n) is 2.65. The van der Waals surface area contributed by atoms with Crippen LogP contribution >= 0.6 is 0 Å². The van der Waals surface area contributed by atoms with Crippen LogP contribution in [0.2, 0.25) is 0 Å². The van der Waals surface area contributed by atoms with Crippen LogP contribution in [0.5, 0.6) is 5.75 Å². The Morgan fingerprint density at radius 1 is 1.00 bits per heavy atom. The number of hydrogen-bond donors (Lipinski definition) is 0. The molecule has 0 spiro atoms. The van der Waals surface area contributed by atoms with E-state index in [1.165, 1.54) is 13.0 Å². The minimum Gasteiger partial charge on any atom is -0.426 e. The summed E-state index contributed by atoms with van der Waals surface area (Å²) >= 11 is 0. The van der Waals surface area contributed by atoms with Gasteiger partial charge in [-0.05, 0) is 11.6 Å². The lowest BCUT2D eigenvalue weighted by atomic mass is 9.81. The SMILES string of the molecule is C=Cc1cccc2c1C(=O)c1cccc(OC(C)=O)c1C2=O. The van der Waals surface area contributed by atoms with Gasteiger partial charge in [-0.15, -0.1) is 0 Å². The third kappa shape index (κ3) is 1.97. The molecule has 3 rings (SSSR count). The molecular weight excluding hydrogens is 280 g/mol. The average Bonchev–Trinajstić information content (AvgIpc) is 2.51. The zero-order valence-corrected chi connectivity index (χ0v) is 11.9. The van der Waals surface area contributed by atoms with E-state index in [1.807, 2.05) is 0 Å². The van der Waals surface area contributed by atoms with E-state index in [0.717, 1.165) is 0 Å². The van der Waals surface area contributed by atoms with Crippen molar-refractivity contribution in [3.8, 4) is 5.75 Å². The quantitative estimate of drug-likeness (QED) is 0.538. The highest BCUT2D eigenvalue weighted by Crippen LogP contribution is 2.34. The number of benzene rings is 2. The van der Waals surface area contributed by atoms with Gasteiger partial charge in [0.25, 0.3) is 0 Å². The molecule has 0 saturated heterocycles. The van der Waals surface area contributed by atoms with Gasteiger partial charge in [0, 0.05) is 23.6 Å². The molecule has 0 bridgehead atoms. The van der Waals surface area contributed by atoms with Crippen molar-refractivity contribution < 1.29 is 19.1 Å². The average molecular weight is 292 g/mol. The summed E-state index contributed by atoms with van der Waals surface area (Å²) in [5.74, 6) is -1.03. The Bertz CT molecular complexity index is 846. The van der Waals surface area contributed by atoms with Crippen molar-refractivity contribution in [1.29, 1.82) is 0 Å². The van der Waals surface area contributed by atoms with Crippen molar-refractivity contribution in [1.82, 2.24) is 0 Å². The largest absolute Gasteiger partial charge is 0.426 e. The molecule has 22 heavy (non-hydrogen) atoms. The lowest BCUT2D eigenvalue weighted by Crippen LogP contribution is -2.23. The third-order valence-electron chi connectivity index (χ3n) is 3.54. The molecule has 1 aliphatic rings. The molecule has 0 amide bonds. The van der Waals surface area contributed by atoms with Crippen LogP contribution in [0.15, 0.2) is 43.0 Å². The van der Waals surface area contributed by atoms with Crippen LogP contribution in [-0.4, -0.2) is 17.5 Å². The first-order valence-electron chi connectivity index (χ1n) is 6.71. The van der Waals surface area contributed by atoms with E-state index in [9.17, 15) is 14.4 Å². The van der Waals surface area contributed by atoms with Crippen LogP contribution in [0.4, 0.5) is 0 Å². The number of fused-ring (bicyclic) bond motifs is 2. The first-order chi connectivity index (χ1) is 10.5. The maximum atomic E-state index is 12.7. The minimum atomic E-state index is -0.542. The summed E-state index contributed by atoms with van der Waals surface area (Å²) < 4.78 is 5.07. The van der Waals surface area contributed by atoms with E-state index < -0.39 is 5.97 Å². The highest BCUT2D eigenvalue weighted by atomic mass is 16.5. The van der Waals surface area contributed by atoms with Gasteiger partial charge in [-0.1, -0.05) is 43.0 Å². The third-order valence-corrected chi connectivity index (χ3v) is 3.54. The molecule has 0 fully saturated rings. The molecule has 2 aromatic rings. The standard InChI is InChI=1S/C18H12O4/c1-3-11-6-4-7-12-15(11)17(20)13-8-5-9-14(22-10(2)19)16(13)18(12)21/h3-9H,1H2,2H3. The van der Waals surface area contributed by atoms with Gasteiger partial charge in [-0.25, -0.2) is 0 Å². The van der Waals surface area contributed by atoms with Crippen molar-refractivity contribution in [3.63, 3.8) is 0 Å². The normalized spacial score (nSPS) is 12.4. The lowest BCUT2D eigenvalue weighted by molar-refractivity contribution is -0.131.